The predicted octanol–water partition coefficient (Wildman–Crippen LogP) is 4.20. The minimum absolute atomic E-state index is 0.224. The van der Waals surface area contributed by atoms with Gasteiger partial charge in [0, 0.05) is 17.4 Å². The van der Waals surface area contributed by atoms with E-state index < -0.39 is 0 Å². The molecular weight excluding hydrogens is 250 g/mol. The van der Waals surface area contributed by atoms with Gasteiger partial charge >= 0.3 is 0 Å². The number of rotatable bonds is 1. The van der Waals surface area contributed by atoms with Crippen LogP contribution >= 0.6 is 11.8 Å². The van der Waals surface area contributed by atoms with Gasteiger partial charge in [0.15, 0.2) is 0 Å². The van der Waals surface area contributed by atoms with Gasteiger partial charge in [-0.25, -0.2) is 0 Å². The zero-order valence-corrected chi connectivity index (χ0v) is 11.5. The summed E-state index contributed by atoms with van der Waals surface area (Å²) in [5, 5.41) is 11.9. The van der Waals surface area contributed by atoms with E-state index in [4.69, 9.17) is 0 Å². The maximum absolute atomic E-state index is 9.33. The third-order valence-corrected chi connectivity index (χ3v) is 6.32. The molecule has 0 bridgehead atoms. The number of hydrogen-bond acceptors (Lipinski definition) is 2. The lowest BCUT2D eigenvalue weighted by Crippen LogP contribution is -2.54. The summed E-state index contributed by atoms with van der Waals surface area (Å²) in [6.45, 7) is 0. The Morgan fingerprint density at radius 2 is 1.89 bits per heavy atom. The van der Waals surface area contributed by atoms with E-state index >= 15 is 0 Å². The first kappa shape index (κ1) is 11.4. The lowest BCUT2D eigenvalue weighted by atomic mass is 9.53. The second-order valence-corrected chi connectivity index (χ2v) is 6.86. The molecule has 1 spiro atoms. The summed E-state index contributed by atoms with van der Waals surface area (Å²) in [6.07, 6.45) is 1.11. The molecule has 4 rings (SSSR count). The molecule has 2 fully saturated rings. The lowest BCUT2D eigenvalue weighted by Gasteiger charge is -2.58. The maximum Gasteiger partial charge on any atom is 0.0662 e. The zero-order chi connectivity index (χ0) is 12.9. The van der Waals surface area contributed by atoms with Crippen LogP contribution in [0.3, 0.4) is 0 Å². The zero-order valence-electron chi connectivity index (χ0n) is 10.7. The highest BCUT2D eigenvalue weighted by Gasteiger charge is 2.58. The van der Waals surface area contributed by atoms with E-state index in [1.165, 1.54) is 27.8 Å². The number of benzene rings is 2. The van der Waals surface area contributed by atoms with Crippen LogP contribution in [0.1, 0.15) is 17.9 Å². The summed E-state index contributed by atoms with van der Waals surface area (Å²) in [6, 6.07) is 17.7. The Kier molecular flexibility index (Phi) is 2.40. The highest BCUT2D eigenvalue weighted by atomic mass is 32.2. The first-order valence-electron chi connectivity index (χ1n) is 6.78. The second-order valence-electron chi connectivity index (χ2n) is 5.88. The van der Waals surface area contributed by atoms with Gasteiger partial charge in [0.25, 0.3) is 0 Å². The van der Waals surface area contributed by atoms with Crippen molar-refractivity contribution in [2.24, 2.45) is 11.3 Å². The maximum atomic E-state index is 9.33. The molecule has 94 valence electrons. The van der Waals surface area contributed by atoms with Crippen LogP contribution in [-0.2, 0) is 0 Å². The van der Waals surface area contributed by atoms with Gasteiger partial charge in [-0.15, -0.1) is 0 Å². The smallest absolute Gasteiger partial charge is 0.0662 e. The van der Waals surface area contributed by atoms with Crippen LogP contribution in [0.25, 0.3) is 10.8 Å². The van der Waals surface area contributed by atoms with Crippen molar-refractivity contribution >= 4 is 22.5 Å². The lowest BCUT2D eigenvalue weighted by molar-refractivity contribution is 0.0855. The Morgan fingerprint density at radius 1 is 1.11 bits per heavy atom. The number of nitriles is 1. The molecular formula is C17H15NS. The van der Waals surface area contributed by atoms with Crippen molar-refractivity contribution in [3.05, 3.63) is 48.0 Å². The monoisotopic (exact) mass is 265 g/mol. The third kappa shape index (κ3) is 1.55. The van der Waals surface area contributed by atoms with Gasteiger partial charge in [0.05, 0.1) is 12.0 Å². The SMILES string of the molecule is N#CC1CC2(CSC2)C1c1ccc2ccccc2c1. The minimum atomic E-state index is 0.224. The van der Waals surface area contributed by atoms with Crippen LogP contribution in [0.2, 0.25) is 0 Å². The Hall–Kier alpha value is -1.46. The number of fused-ring (bicyclic) bond motifs is 1. The first-order valence-corrected chi connectivity index (χ1v) is 7.94. The molecule has 2 heteroatoms. The summed E-state index contributed by atoms with van der Waals surface area (Å²) in [7, 11) is 0. The molecule has 2 aromatic carbocycles. The van der Waals surface area contributed by atoms with Crippen LogP contribution in [0, 0.1) is 22.7 Å². The Bertz CT molecular complexity index is 681. The topological polar surface area (TPSA) is 23.8 Å². The van der Waals surface area contributed by atoms with E-state index in [0.717, 1.165) is 6.42 Å². The molecule has 19 heavy (non-hydrogen) atoms. The van der Waals surface area contributed by atoms with Crippen LogP contribution < -0.4 is 0 Å². The fourth-order valence-corrected chi connectivity index (χ4v) is 5.04. The first-order chi connectivity index (χ1) is 9.32. The summed E-state index contributed by atoms with van der Waals surface area (Å²) >= 11 is 2.02. The molecule has 2 aromatic rings. The fourth-order valence-electron chi connectivity index (χ4n) is 3.72. The van der Waals surface area contributed by atoms with Crippen molar-refractivity contribution in [3.63, 3.8) is 0 Å². The molecule has 2 aliphatic rings. The molecule has 0 aromatic heterocycles. The molecule has 1 nitrogen and oxygen atoms in total. The summed E-state index contributed by atoms with van der Waals surface area (Å²) in [4.78, 5) is 0. The Labute approximate surface area is 117 Å². The summed E-state index contributed by atoms with van der Waals surface area (Å²) in [5.41, 5.74) is 1.81. The Morgan fingerprint density at radius 3 is 2.58 bits per heavy atom. The van der Waals surface area contributed by atoms with Crippen LogP contribution in [-0.4, -0.2) is 11.5 Å². The number of nitrogens with zero attached hydrogens (tertiary/aromatic N) is 1. The van der Waals surface area contributed by atoms with Gasteiger partial charge in [-0.2, -0.15) is 17.0 Å². The van der Waals surface area contributed by atoms with E-state index in [0.29, 0.717) is 11.3 Å². The molecule has 1 saturated heterocycles. The average molecular weight is 265 g/mol. The minimum Gasteiger partial charge on any atom is -0.198 e. The van der Waals surface area contributed by atoms with Crippen molar-refractivity contribution in [2.75, 3.05) is 11.5 Å². The molecule has 1 heterocycles. The third-order valence-electron chi connectivity index (χ3n) is 4.77. The van der Waals surface area contributed by atoms with Gasteiger partial charge in [-0.1, -0.05) is 42.5 Å². The summed E-state index contributed by atoms with van der Waals surface area (Å²) < 4.78 is 0. The molecule has 1 aliphatic heterocycles. The van der Waals surface area contributed by atoms with Crippen LogP contribution in [0.15, 0.2) is 42.5 Å². The van der Waals surface area contributed by atoms with Gasteiger partial charge in [-0.3, -0.25) is 0 Å². The molecule has 0 N–H and O–H groups in total. The van der Waals surface area contributed by atoms with Gasteiger partial charge < -0.3 is 0 Å². The van der Waals surface area contributed by atoms with Gasteiger partial charge in [-0.05, 0) is 28.2 Å². The molecule has 1 saturated carbocycles. The van der Waals surface area contributed by atoms with Crippen LogP contribution in [0.4, 0.5) is 0 Å². The predicted molar refractivity (Wildman–Crippen MR) is 80.2 cm³/mol. The normalized spacial score (nSPS) is 27.5. The van der Waals surface area contributed by atoms with E-state index in [1.807, 2.05) is 11.8 Å². The van der Waals surface area contributed by atoms with Crippen molar-refractivity contribution in [1.82, 2.24) is 0 Å². The molecule has 2 atom stereocenters. The largest absolute Gasteiger partial charge is 0.198 e. The molecule has 1 aliphatic carbocycles. The highest BCUT2D eigenvalue weighted by molar-refractivity contribution is 8.00. The van der Waals surface area contributed by atoms with Gasteiger partial charge in [0.2, 0.25) is 0 Å². The standard InChI is InChI=1S/C17H15NS/c18-9-15-8-17(10-19-11-17)16(15)14-6-5-12-3-1-2-4-13(12)7-14/h1-7,15-16H,8,10-11H2. The summed E-state index contributed by atoms with van der Waals surface area (Å²) in [5.74, 6) is 3.16. The Balaban J connectivity index is 1.78. The van der Waals surface area contributed by atoms with Crippen molar-refractivity contribution in [1.29, 1.82) is 5.26 Å². The van der Waals surface area contributed by atoms with Crippen LogP contribution in [0.5, 0.6) is 0 Å². The van der Waals surface area contributed by atoms with Crippen molar-refractivity contribution in [3.8, 4) is 6.07 Å². The van der Waals surface area contributed by atoms with E-state index in [2.05, 4.69) is 48.5 Å². The average Bonchev–Trinajstić information content (AvgIpc) is 2.36. The van der Waals surface area contributed by atoms with Crippen molar-refractivity contribution in [2.45, 2.75) is 12.3 Å². The highest BCUT2D eigenvalue weighted by Crippen LogP contribution is 2.64. The molecule has 2 unspecified atom stereocenters. The van der Waals surface area contributed by atoms with Crippen molar-refractivity contribution < 1.29 is 0 Å². The van der Waals surface area contributed by atoms with E-state index in [1.54, 1.807) is 0 Å². The molecule has 0 radical (unpaired) electrons. The van der Waals surface area contributed by atoms with E-state index in [-0.39, 0.29) is 5.92 Å². The van der Waals surface area contributed by atoms with E-state index in [9.17, 15) is 5.26 Å². The number of thioether (sulfide) groups is 1. The second kappa shape index (κ2) is 4.02. The van der Waals surface area contributed by atoms with Gasteiger partial charge in [0.1, 0.15) is 0 Å². The quantitative estimate of drug-likeness (QED) is 0.771. The molecule has 0 amide bonds. The fraction of sp³-hybridized carbons (Fsp3) is 0.353. The number of hydrogen-bond donors (Lipinski definition) is 0.